The van der Waals surface area contributed by atoms with E-state index >= 15 is 0 Å². The monoisotopic (exact) mass is 588 g/mol. The van der Waals surface area contributed by atoms with Crippen molar-refractivity contribution in [3.8, 4) is 5.75 Å². The molecule has 1 amide bonds. The highest BCUT2D eigenvalue weighted by molar-refractivity contribution is 7.80. The smallest absolute Gasteiger partial charge is 0.325 e. The Morgan fingerprint density at radius 3 is 2.16 bits per heavy atom. The van der Waals surface area contributed by atoms with Crippen LogP contribution in [-0.2, 0) is 27.4 Å². The zero-order valence-corrected chi connectivity index (χ0v) is 23.6. The summed E-state index contributed by atoms with van der Waals surface area (Å²) in [4.78, 5) is 28.5. The number of rotatable bonds is 8. The van der Waals surface area contributed by atoms with E-state index in [0.717, 1.165) is 17.5 Å². The molecule has 3 aromatic rings. The number of nitrogens with zero attached hydrogens (tertiary/aromatic N) is 2. The Morgan fingerprint density at radius 2 is 1.58 bits per heavy atom. The number of aryl methyl sites for hydroxylation is 1. The molecule has 1 aliphatic heterocycles. The van der Waals surface area contributed by atoms with Crippen molar-refractivity contribution in [2.24, 2.45) is 0 Å². The van der Waals surface area contributed by atoms with Crippen molar-refractivity contribution in [1.82, 2.24) is 4.90 Å². The zero-order chi connectivity index (χ0) is 27.4. The maximum Gasteiger partial charge on any atom is 0.325 e. The fourth-order valence-electron chi connectivity index (χ4n) is 3.83. The molecule has 10 heteroatoms. The molecule has 1 heterocycles. The lowest BCUT2D eigenvalue weighted by atomic mass is 10.1. The molecule has 0 aromatic heterocycles. The number of esters is 1. The number of halogens is 3. The van der Waals surface area contributed by atoms with E-state index in [4.69, 9.17) is 56.5 Å². The minimum absolute atomic E-state index is 0.163. The summed E-state index contributed by atoms with van der Waals surface area (Å²) < 4.78 is 10.7. The van der Waals surface area contributed by atoms with Crippen LogP contribution in [0.4, 0.5) is 5.69 Å². The quantitative estimate of drug-likeness (QED) is 0.161. The van der Waals surface area contributed by atoms with E-state index in [9.17, 15) is 9.59 Å². The number of carbonyl (C=O) groups is 2. The third-order valence-corrected chi connectivity index (χ3v) is 7.09. The third kappa shape index (κ3) is 6.13. The Balaban J connectivity index is 1.65. The maximum absolute atomic E-state index is 13.6. The summed E-state index contributed by atoms with van der Waals surface area (Å²) in [5, 5.41) is 1.31. The number of hydrogen-bond acceptors (Lipinski definition) is 5. The summed E-state index contributed by atoms with van der Waals surface area (Å²) in [5.74, 6) is -0.627. The second-order valence-electron chi connectivity index (χ2n) is 8.36. The van der Waals surface area contributed by atoms with Crippen molar-refractivity contribution in [2.45, 2.75) is 20.0 Å². The van der Waals surface area contributed by atoms with Gasteiger partial charge in [0.2, 0.25) is 0 Å². The van der Waals surface area contributed by atoms with Gasteiger partial charge in [0.05, 0.1) is 22.8 Å². The molecular formula is C28H23Cl3N2O4S. The normalized spacial score (nSPS) is 14.4. The second-order valence-corrected chi connectivity index (χ2v) is 9.98. The predicted molar refractivity (Wildman–Crippen MR) is 155 cm³/mol. The Labute approximate surface area is 241 Å². The summed E-state index contributed by atoms with van der Waals surface area (Å²) in [7, 11) is 1.27. The largest absolute Gasteiger partial charge is 0.486 e. The van der Waals surface area contributed by atoms with Crippen LogP contribution in [0, 0.1) is 0 Å². The zero-order valence-electron chi connectivity index (χ0n) is 20.5. The fraction of sp³-hybridized carbons (Fsp3) is 0.179. The Morgan fingerprint density at radius 1 is 0.974 bits per heavy atom. The summed E-state index contributed by atoms with van der Waals surface area (Å²) in [6.07, 6.45) is 2.44. The summed E-state index contributed by atoms with van der Waals surface area (Å²) in [5.41, 5.74) is 3.32. The lowest BCUT2D eigenvalue weighted by Crippen LogP contribution is -2.35. The van der Waals surface area contributed by atoms with Crippen molar-refractivity contribution in [3.63, 3.8) is 0 Å². The van der Waals surface area contributed by atoms with E-state index in [1.807, 2.05) is 43.3 Å². The van der Waals surface area contributed by atoms with Crippen molar-refractivity contribution in [1.29, 1.82) is 0 Å². The molecule has 0 bridgehead atoms. The summed E-state index contributed by atoms with van der Waals surface area (Å²) in [6, 6.07) is 18.0. The first-order valence-corrected chi connectivity index (χ1v) is 13.2. The number of methoxy groups -OCH3 is 1. The van der Waals surface area contributed by atoms with Gasteiger partial charge >= 0.3 is 5.97 Å². The highest BCUT2D eigenvalue weighted by atomic mass is 35.5. The molecule has 0 spiro atoms. The molecule has 1 saturated heterocycles. The number of hydrogen-bond donors (Lipinski definition) is 0. The van der Waals surface area contributed by atoms with Gasteiger partial charge in [0, 0.05) is 5.02 Å². The number of ether oxygens (including phenoxy) is 2. The van der Waals surface area contributed by atoms with Gasteiger partial charge in [-0.15, -0.1) is 0 Å². The molecule has 38 heavy (non-hydrogen) atoms. The van der Waals surface area contributed by atoms with Crippen LogP contribution in [0.3, 0.4) is 0 Å². The number of carbonyl (C=O) groups excluding carboxylic acids is 2. The van der Waals surface area contributed by atoms with Crippen molar-refractivity contribution in [3.05, 3.63) is 98.1 Å². The van der Waals surface area contributed by atoms with Crippen LogP contribution in [0.2, 0.25) is 15.1 Å². The average molecular weight is 590 g/mol. The van der Waals surface area contributed by atoms with E-state index in [2.05, 4.69) is 0 Å². The van der Waals surface area contributed by atoms with Crippen molar-refractivity contribution < 1.29 is 19.1 Å². The van der Waals surface area contributed by atoms with Gasteiger partial charge in [0.15, 0.2) is 10.9 Å². The molecule has 0 N–H and O–H groups in total. The highest BCUT2D eigenvalue weighted by Gasteiger charge is 2.40. The van der Waals surface area contributed by atoms with Gasteiger partial charge in [0.1, 0.15) is 18.8 Å². The van der Waals surface area contributed by atoms with E-state index in [-0.39, 0.29) is 34.0 Å². The van der Waals surface area contributed by atoms with Gasteiger partial charge in [-0.05, 0) is 77.8 Å². The summed E-state index contributed by atoms with van der Waals surface area (Å²) in [6.45, 7) is 2.05. The maximum atomic E-state index is 13.6. The van der Waals surface area contributed by atoms with Crippen molar-refractivity contribution in [2.75, 3.05) is 18.6 Å². The molecule has 0 aliphatic carbocycles. The average Bonchev–Trinajstić information content (AvgIpc) is 3.13. The SMILES string of the molecule is CCc1ccc(N2C(=O)/C(=C/c3cc(Cl)c(OCc4ccc(Cl)cc4)c(Cl)c3)N(CC(=O)OC)C2=S)cc1. The molecule has 1 fully saturated rings. The molecule has 0 saturated carbocycles. The highest BCUT2D eigenvalue weighted by Crippen LogP contribution is 2.37. The van der Waals surface area contributed by atoms with E-state index in [1.54, 1.807) is 30.3 Å². The Kier molecular flexibility index (Phi) is 8.95. The number of benzene rings is 3. The van der Waals surface area contributed by atoms with Gasteiger partial charge in [0.25, 0.3) is 5.91 Å². The molecule has 4 rings (SSSR count). The minimum atomic E-state index is -0.545. The molecule has 0 unspecified atom stereocenters. The number of thiocarbonyl (C=S) groups is 1. The number of anilines is 1. The topological polar surface area (TPSA) is 59.1 Å². The third-order valence-electron chi connectivity index (χ3n) is 5.87. The minimum Gasteiger partial charge on any atom is -0.486 e. The molecule has 3 aromatic carbocycles. The lowest BCUT2D eigenvalue weighted by Gasteiger charge is -2.19. The van der Waals surface area contributed by atoms with Crippen LogP contribution in [-0.4, -0.2) is 35.5 Å². The molecule has 0 atom stereocenters. The van der Waals surface area contributed by atoms with Crippen LogP contribution < -0.4 is 9.64 Å². The van der Waals surface area contributed by atoms with E-state index in [1.165, 1.54) is 16.9 Å². The molecular weight excluding hydrogens is 567 g/mol. The standard InChI is InChI=1S/C28H23Cl3N2O4S/c1-3-17-6-10-21(11-7-17)33-27(35)24(32(28(33)38)15-25(34)36-2)14-19-12-22(30)26(23(31)13-19)37-16-18-4-8-20(29)9-5-18/h4-14H,3,15-16H2,1-2H3/b24-14-. The first-order valence-electron chi connectivity index (χ1n) is 11.6. The van der Waals surface area contributed by atoms with E-state index in [0.29, 0.717) is 22.0 Å². The fourth-order valence-corrected chi connectivity index (χ4v) is 4.92. The van der Waals surface area contributed by atoms with E-state index < -0.39 is 11.9 Å². The van der Waals surface area contributed by atoms with Crippen LogP contribution in [0.15, 0.2) is 66.4 Å². The van der Waals surface area contributed by atoms with Gasteiger partial charge in [-0.1, -0.05) is 66.0 Å². The predicted octanol–water partition coefficient (Wildman–Crippen LogP) is 6.94. The van der Waals surface area contributed by atoms with Gasteiger partial charge < -0.3 is 14.4 Å². The molecule has 1 aliphatic rings. The van der Waals surface area contributed by atoms with Crippen LogP contribution >= 0.6 is 47.0 Å². The summed E-state index contributed by atoms with van der Waals surface area (Å²) >= 11 is 24.5. The Hall–Kier alpha value is -3.10. The van der Waals surface area contributed by atoms with Crippen LogP contribution in [0.25, 0.3) is 6.08 Å². The first kappa shape index (κ1) is 27.9. The van der Waals surface area contributed by atoms with Gasteiger partial charge in [-0.2, -0.15) is 0 Å². The molecule has 196 valence electrons. The number of amides is 1. The second kappa shape index (κ2) is 12.2. The van der Waals surface area contributed by atoms with Gasteiger partial charge in [-0.3, -0.25) is 14.5 Å². The van der Waals surface area contributed by atoms with Crippen LogP contribution in [0.5, 0.6) is 5.75 Å². The molecule has 6 nitrogen and oxygen atoms in total. The Bertz CT molecular complexity index is 1390. The van der Waals surface area contributed by atoms with Crippen molar-refractivity contribution >= 4 is 75.8 Å². The first-order chi connectivity index (χ1) is 18.2. The van der Waals surface area contributed by atoms with Gasteiger partial charge in [-0.25, -0.2) is 0 Å². The van der Waals surface area contributed by atoms with Crippen LogP contribution in [0.1, 0.15) is 23.6 Å². The molecule has 0 radical (unpaired) electrons. The lowest BCUT2D eigenvalue weighted by molar-refractivity contribution is -0.140.